The Morgan fingerprint density at radius 3 is 2.44 bits per heavy atom. The molecule has 2 heteroatoms. The summed E-state index contributed by atoms with van der Waals surface area (Å²) in [4.78, 5) is 0. The molecule has 0 aromatic heterocycles. The summed E-state index contributed by atoms with van der Waals surface area (Å²) in [6.45, 7) is 2.13. The van der Waals surface area contributed by atoms with Crippen LogP contribution in [0.3, 0.4) is 0 Å². The molecule has 0 amide bonds. The lowest BCUT2D eigenvalue weighted by molar-refractivity contribution is 1.76. The van der Waals surface area contributed by atoms with Crippen molar-refractivity contribution in [2.45, 2.75) is 6.55 Å². The second-order valence-electron chi connectivity index (χ2n) is 1.73. The van der Waals surface area contributed by atoms with Gasteiger partial charge < -0.3 is 0 Å². The van der Waals surface area contributed by atoms with E-state index in [1.165, 1.54) is 5.19 Å². The Morgan fingerprint density at radius 1 is 1.33 bits per heavy atom. The van der Waals surface area contributed by atoms with E-state index in [9.17, 15) is 0 Å². The van der Waals surface area contributed by atoms with Gasteiger partial charge >= 0.3 is 0 Å². The summed E-state index contributed by atoms with van der Waals surface area (Å²) in [6, 6.07) is 7.94. The third-order valence-corrected chi connectivity index (χ3v) is 2.61. The Hall–Kier alpha value is -0.273. The van der Waals surface area contributed by atoms with Gasteiger partial charge in [0.15, 0.2) is 0 Å². The van der Waals surface area contributed by atoms with Gasteiger partial charge in [-0.15, -0.1) is 0 Å². The SMILES string of the molecule is C[Si]c1ccccc1Cl. The van der Waals surface area contributed by atoms with Crippen LogP contribution in [0.5, 0.6) is 0 Å². The third-order valence-electron chi connectivity index (χ3n) is 1.14. The number of rotatable bonds is 1. The van der Waals surface area contributed by atoms with Crippen LogP contribution in [0, 0.1) is 0 Å². The minimum Gasteiger partial charge on any atom is -0.0845 e. The monoisotopic (exact) mass is 154 g/mol. The van der Waals surface area contributed by atoms with Crippen LogP contribution in [0.15, 0.2) is 24.3 Å². The number of hydrogen-bond acceptors (Lipinski definition) is 0. The van der Waals surface area contributed by atoms with Crippen LogP contribution in [-0.2, 0) is 0 Å². The summed E-state index contributed by atoms with van der Waals surface area (Å²) in [5, 5.41) is 2.14. The van der Waals surface area contributed by atoms with Gasteiger partial charge in [-0.25, -0.2) is 0 Å². The molecular formula is C7H7ClSi. The molecule has 0 heterocycles. The van der Waals surface area contributed by atoms with E-state index in [0.717, 1.165) is 14.5 Å². The summed E-state index contributed by atoms with van der Waals surface area (Å²) >= 11 is 5.83. The molecule has 0 fully saturated rings. The van der Waals surface area contributed by atoms with Gasteiger partial charge in [0.05, 0.1) is 9.52 Å². The Kier molecular flexibility index (Phi) is 2.31. The van der Waals surface area contributed by atoms with Crippen LogP contribution in [0.25, 0.3) is 0 Å². The third kappa shape index (κ3) is 1.56. The molecule has 0 N–H and O–H groups in total. The summed E-state index contributed by atoms with van der Waals surface area (Å²) in [5.74, 6) is 0. The molecule has 0 unspecified atom stereocenters. The minimum atomic E-state index is 0.797. The molecule has 0 aliphatic carbocycles. The molecule has 1 aromatic carbocycles. The maximum Gasteiger partial charge on any atom is 0.0793 e. The molecule has 1 rings (SSSR count). The van der Waals surface area contributed by atoms with Gasteiger partial charge in [0, 0.05) is 5.02 Å². The van der Waals surface area contributed by atoms with Gasteiger partial charge in [-0.05, 0) is 11.3 Å². The summed E-state index contributed by atoms with van der Waals surface area (Å²) in [6.07, 6.45) is 0. The van der Waals surface area contributed by atoms with Crippen molar-refractivity contribution in [3.05, 3.63) is 29.3 Å². The van der Waals surface area contributed by atoms with Gasteiger partial charge in [-0.2, -0.15) is 0 Å². The molecule has 0 saturated heterocycles. The Labute approximate surface area is 62.7 Å². The van der Waals surface area contributed by atoms with E-state index < -0.39 is 0 Å². The average molecular weight is 155 g/mol. The molecule has 46 valence electrons. The van der Waals surface area contributed by atoms with E-state index in [-0.39, 0.29) is 0 Å². The molecule has 1 aromatic rings. The van der Waals surface area contributed by atoms with Crippen LogP contribution in [0.2, 0.25) is 11.6 Å². The molecule has 0 aliphatic heterocycles. The van der Waals surface area contributed by atoms with Crippen molar-refractivity contribution in [3.63, 3.8) is 0 Å². The van der Waals surface area contributed by atoms with Crippen molar-refractivity contribution in [2.24, 2.45) is 0 Å². The second-order valence-corrected chi connectivity index (χ2v) is 3.18. The van der Waals surface area contributed by atoms with Crippen LogP contribution in [-0.4, -0.2) is 9.52 Å². The zero-order valence-corrected chi connectivity index (χ0v) is 6.94. The fourth-order valence-electron chi connectivity index (χ4n) is 0.664. The predicted octanol–water partition coefficient (Wildman–Crippen LogP) is 1.72. The first-order chi connectivity index (χ1) is 4.34. The molecule has 0 atom stereocenters. The lowest BCUT2D eigenvalue weighted by Crippen LogP contribution is -2.10. The van der Waals surface area contributed by atoms with Crippen LogP contribution >= 0.6 is 11.6 Å². The standard InChI is InChI=1S/C7H7ClSi/c1-9-7-5-3-2-4-6(7)8/h2-5H,1H3. The van der Waals surface area contributed by atoms with Crippen LogP contribution in [0.4, 0.5) is 0 Å². The normalized spacial score (nSPS) is 9.56. The van der Waals surface area contributed by atoms with E-state index in [1.54, 1.807) is 0 Å². The molecule has 0 bridgehead atoms. The largest absolute Gasteiger partial charge is 0.0845 e. The molecule has 0 saturated carbocycles. The Morgan fingerprint density at radius 2 is 2.00 bits per heavy atom. The van der Waals surface area contributed by atoms with Gasteiger partial charge in [-0.3, -0.25) is 0 Å². The van der Waals surface area contributed by atoms with E-state index in [2.05, 4.69) is 12.6 Å². The zero-order chi connectivity index (χ0) is 6.69. The molecule has 0 aliphatic rings. The number of halogens is 1. The first-order valence-corrected chi connectivity index (χ1v) is 4.64. The highest BCUT2D eigenvalue weighted by molar-refractivity contribution is 6.57. The Balaban J connectivity index is 3.01. The van der Waals surface area contributed by atoms with Crippen molar-refractivity contribution in [1.29, 1.82) is 0 Å². The minimum absolute atomic E-state index is 0.797. The summed E-state index contributed by atoms with van der Waals surface area (Å²) < 4.78 is 0. The topological polar surface area (TPSA) is 0 Å². The first-order valence-electron chi connectivity index (χ1n) is 2.77. The van der Waals surface area contributed by atoms with Crippen molar-refractivity contribution in [1.82, 2.24) is 0 Å². The molecule has 2 radical (unpaired) electrons. The molecule has 9 heavy (non-hydrogen) atoms. The smallest absolute Gasteiger partial charge is 0.0793 e. The number of benzene rings is 1. The quantitative estimate of drug-likeness (QED) is 0.541. The fraction of sp³-hybridized carbons (Fsp3) is 0.143. The van der Waals surface area contributed by atoms with E-state index >= 15 is 0 Å². The van der Waals surface area contributed by atoms with Gasteiger partial charge in [0.25, 0.3) is 0 Å². The van der Waals surface area contributed by atoms with E-state index in [4.69, 9.17) is 11.6 Å². The molecule has 0 spiro atoms. The van der Waals surface area contributed by atoms with Gasteiger partial charge in [0.1, 0.15) is 0 Å². The van der Waals surface area contributed by atoms with E-state index in [0.29, 0.717) is 0 Å². The highest BCUT2D eigenvalue weighted by atomic mass is 35.5. The van der Waals surface area contributed by atoms with Crippen molar-refractivity contribution in [2.75, 3.05) is 0 Å². The summed E-state index contributed by atoms with van der Waals surface area (Å²) in [7, 11) is 0.797. The highest BCUT2D eigenvalue weighted by Gasteiger charge is 1.92. The summed E-state index contributed by atoms with van der Waals surface area (Å²) in [5.41, 5.74) is 0. The Bertz CT molecular complexity index is 198. The lowest BCUT2D eigenvalue weighted by atomic mass is 10.4. The predicted molar refractivity (Wildman–Crippen MR) is 42.7 cm³/mol. The van der Waals surface area contributed by atoms with Crippen LogP contribution in [0.1, 0.15) is 0 Å². The van der Waals surface area contributed by atoms with Crippen LogP contribution < -0.4 is 5.19 Å². The maximum atomic E-state index is 5.83. The van der Waals surface area contributed by atoms with Crippen molar-refractivity contribution in [3.8, 4) is 0 Å². The lowest BCUT2D eigenvalue weighted by Gasteiger charge is -1.95. The first kappa shape index (κ1) is 6.84. The highest BCUT2D eigenvalue weighted by Crippen LogP contribution is 2.01. The number of hydrogen-bond donors (Lipinski definition) is 0. The van der Waals surface area contributed by atoms with Gasteiger partial charge in [0.2, 0.25) is 0 Å². The van der Waals surface area contributed by atoms with Crippen molar-refractivity contribution >= 4 is 26.3 Å². The van der Waals surface area contributed by atoms with E-state index in [1.807, 2.05) is 18.2 Å². The van der Waals surface area contributed by atoms with Gasteiger partial charge in [-0.1, -0.05) is 36.3 Å². The second kappa shape index (κ2) is 3.04. The average Bonchev–Trinajstić information content (AvgIpc) is 1.89. The molecule has 0 nitrogen and oxygen atoms in total. The van der Waals surface area contributed by atoms with Crippen molar-refractivity contribution < 1.29 is 0 Å². The maximum absolute atomic E-state index is 5.83. The zero-order valence-electron chi connectivity index (χ0n) is 5.19. The molecular weight excluding hydrogens is 148 g/mol. The fourth-order valence-corrected chi connectivity index (χ4v) is 1.67.